The van der Waals surface area contributed by atoms with Crippen LogP contribution in [-0.2, 0) is 32.1 Å². The van der Waals surface area contributed by atoms with Crippen molar-refractivity contribution in [1.82, 2.24) is 16.0 Å². The molecule has 2 heterocycles. The maximum absolute atomic E-state index is 13.3. The van der Waals surface area contributed by atoms with Crippen molar-refractivity contribution >= 4 is 24.2 Å². The number of carbonyl (C=O) groups excluding carboxylic acids is 4. The van der Waals surface area contributed by atoms with Crippen LogP contribution in [-0.4, -0.2) is 48.9 Å². The first-order chi connectivity index (χ1) is 17.9. The minimum absolute atomic E-state index is 0.0527. The number of nitrogens with one attached hydrogen (secondary N) is 3. The largest absolute Gasteiger partial charge is 0.494 e. The summed E-state index contributed by atoms with van der Waals surface area (Å²) in [6.45, 7) is 4.13. The summed E-state index contributed by atoms with van der Waals surface area (Å²) in [7, 11) is 0. The molecule has 0 saturated carbocycles. The molecule has 2 aromatic rings. The van der Waals surface area contributed by atoms with E-state index in [9.17, 15) is 19.2 Å². The molecule has 0 fully saturated rings. The number of rotatable bonds is 5. The number of fused-ring (bicyclic) bond motifs is 14. The number of hydrogen-bond acceptors (Lipinski definition) is 6. The normalized spacial score (nSPS) is 21.2. The zero-order valence-electron chi connectivity index (χ0n) is 21.3. The Labute approximate surface area is 217 Å². The number of hydrogen-bond donors (Lipinski definition) is 3. The maximum Gasteiger partial charge on any atom is 0.408 e. The topological polar surface area (TPSA) is 123 Å². The molecule has 0 unspecified atom stereocenters. The van der Waals surface area contributed by atoms with Crippen LogP contribution in [0.4, 0.5) is 4.79 Å². The number of aldehydes is 1. The van der Waals surface area contributed by atoms with Crippen molar-refractivity contribution < 1.29 is 28.7 Å². The Morgan fingerprint density at radius 2 is 1.78 bits per heavy atom. The van der Waals surface area contributed by atoms with E-state index in [0.29, 0.717) is 31.5 Å². The van der Waals surface area contributed by atoms with E-state index < -0.39 is 36.0 Å². The van der Waals surface area contributed by atoms with Gasteiger partial charge < -0.3 is 30.2 Å². The summed E-state index contributed by atoms with van der Waals surface area (Å²) in [5, 5.41) is 8.13. The Hall–Kier alpha value is -3.88. The summed E-state index contributed by atoms with van der Waals surface area (Å²) in [5.41, 5.74) is 1.61. The van der Waals surface area contributed by atoms with Crippen LogP contribution in [0.1, 0.15) is 44.2 Å². The molecule has 198 valence electrons. The molecule has 3 atom stereocenters. The molecule has 9 heteroatoms. The van der Waals surface area contributed by atoms with Gasteiger partial charge in [-0.2, -0.15) is 0 Å². The summed E-state index contributed by atoms with van der Waals surface area (Å²) in [6, 6.07) is 13.9. The molecule has 0 aromatic heterocycles. The van der Waals surface area contributed by atoms with Crippen molar-refractivity contribution in [3.8, 4) is 5.75 Å². The molecule has 2 aliphatic rings. The van der Waals surface area contributed by atoms with Crippen LogP contribution in [0.15, 0.2) is 54.6 Å². The lowest BCUT2D eigenvalue weighted by molar-refractivity contribution is -0.132. The van der Waals surface area contributed by atoms with Crippen LogP contribution in [0.25, 0.3) is 0 Å². The fraction of sp³-hybridized carbons (Fsp3) is 0.429. The maximum atomic E-state index is 13.3. The molecule has 0 spiro atoms. The predicted octanol–water partition coefficient (Wildman–Crippen LogP) is 2.91. The molecule has 2 aliphatic heterocycles. The Balaban J connectivity index is 1.79. The molecule has 4 rings (SSSR count). The van der Waals surface area contributed by atoms with Gasteiger partial charge in [-0.1, -0.05) is 56.3 Å². The summed E-state index contributed by atoms with van der Waals surface area (Å²) in [4.78, 5) is 50.5. The quantitative estimate of drug-likeness (QED) is 0.533. The van der Waals surface area contributed by atoms with Gasteiger partial charge in [-0.3, -0.25) is 9.59 Å². The van der Waals surface area contributed by atoms with Gasteiger partial charge in [0, 0.05) is 6.42 Å². The number of alkyl carbamates (subject to hydrolysis) is 1. The highest BCUT2D eigenvalue weighted by Crippen LogP contribution is 2.16. The Morgan fingerprint density at radius 1 is 1.05 bits per heavy atom. The number of benzene rings is 2. The second kappa shape index (κ2) is 14.0. The summed E-state index contributed by atoms with van der Waals surface area (Å²) in [5.74, 6) is -0.547. The Bertz CT molecular complexity index is 1040. The first-order valence-electron chi connectivity index (χ1n) is 12.6. The molecule has 9 nitrogen and oxygen atoms in total. The average Bonchev–Trinajstić information content (AvgIpc) is 2.90. The fourth-order valence-corrected chi connectivity index (χ4v) is 3.97. The van der Waals surface area contributed by atoms with E-state index in [1.807, 2.05) is 54.6 Å². The highest BCUT2D eigenvalue weighted by atomic mass is 16.5. The van der Waals surface area contributed by atoms with Crippen molar-refractivity contribution in [3.05, 3.63) is 65.7 Å². The van der Waals surface area contributed by atoms with Crippen molar-refractivity contribution in [2.24, 2.45) is 5.92 Å². The van der Waals surface area contributed by atoms with Gasteiger partial charge in [0.15, 0.2) is 0 Å². The third-order valence-corrected chi connectivity index (χ3v) is 6.10. The van der Waals surface area contributed by atoms with E-state index in [1.54, 1.807) is 13.8 Å². The van der Waals surface area contributed by atoms with Crippen LogP contribution >= 0.6 is 0 Å². The summed E-state index contributed by atoms with van der Waals surface area (Å²) in [6.07, 6.45) is 2.02. The van der Waals surface area contributed by atoms with Crippen LogP contribution in [0.3, 0.4) is 0 Å². The van der Waals surface area contributed by atoms with Gasteiger partial charge in [-0.05, 0) is 48.4 Å². The van der Waals surface area contributed by atoms with Gasteiger partial charge in [-0.15, -0.1) is 0 Å². The molecule has 3 N–H and O–H groups in total. The molecule has 0 saturated heterocycles. The van der Waals surface area contributed by atoms with Crippen molar-refractivity contribution in [2.75, 3.05) is 6.61 Å². The first kappa shape index (κ1) is 27.7. The summed E-state index contributed by atoms with van der Waals surface area (Å²) < 4.78 is 11.1. The zero-order chi connectivity index (χ0) is 26.6. The highest BCUT2D eigenvalue weighted by molar-refractivity contribution is 5.92. The van der Waals surface area contributed by atoms with Gasteiger partial charge >= 0.3 is 6.09 Å². The third kappa shape index (κ3) is 8.93. The zero-order valence-corrected chi connectivity index (χ0v) is 21.3. The molecule has 37 heavy (non-hydrogen) atoms. The molecular weight excluding hydrogens is 474 g/mol. The standard InChI is InChI=1S/C28H35N3O6/c1-19(2)25-27(34)29-22(17-32)10-6-7-15-36-23-13-11-20(12-14-23)16-24(26(33)31-25)30-28(35)37-18-21-8-4-3-5-9-21/h3-5,8-9,11-14,17,19,22,24-25H,6-7,10,15-16,18H2,1-2H3,(H,29,34)(H,30,35)(H,31,33)/t22-,24-,25-/m0/s1. The van der Waals surface area contributed by atoms with E-state index in [0.717, 1.165) is 17.5 Å². The Kier molecular flexibility index (Phi) is 10.5. The van der Waals surface area contributed by atoms with Crippen LogP contribution in [0.2, 0.25) is 0 Å². The van der Waals surface area contributed by atoms with Crippen molar-refractivity contribution in [2.45, 2.75) is 64.3 Å². The second-order valence-corrected chi connectivity index (χ2v) is 9.43. The molecule has 2 aromatic carbocycles. The molecule has 3 amide bonds. The van der Waals surface area contributed by atoms with Gasteiger partial charge in [-0.25, -0.2) is 4.79 Å². The number of ether oxygens (including phenoxy) is 2. The van der Waals surface area contributed by atoms with Crippen LogP contribution in [0.5, 0.6) is 5.75 Å². The number of carbonyl (C=O) groups is 4. The van der Waals surface area contributed by atoms with Gasteiger partial charge in [0.25, 0.3) is 0 Å². The number of amides is 3. The molecule has 0 radical (unpaired) electrons. The molecular formula is C28H35N3O6. The van der Waals surface area contributed by atoms with E-state index in [4.69, 9.17) is 9.47 Å². The highest BCUT2D eigenvalue weighted by Gasteiger charge is 2.30. The Morgan fingerprint density at radius 3 is 2.46 bits per heavy atom. The minimum atomic E-state index is -0.998. The lowest BCUT2D eigenvalue weighted by Crippen LogP contribution is -2.57. The average molecular weight is 510 g/mol. The second-order valence-electron chi connectivity index (χ2n) is 9.43. The minimum Gasteiger partial charge on any atom is -0.494 e. The van der Waals surface area contributed by atoms with Crippen LogP contribution < -0.4 is 20.7 Å². The molecule has 2 bridgehead atoms. The van der Waals surface area contributed by atoms with E-state index in [2.05, 4.69) is 16.0 Å². The summed E-state index contributed by atoms with van der Waals surface area (Å²) >= 11 is 0. The lowest BCUT2D eigenvalue weighted by atomic mass is 10.0. The van der Waals surface area contributed by atoms with E-state index in [-0.39, 0.29) is 18.9 Å². The van der Waals surface area contributed by atoms with Crippen molar-refractivity contribution in [3.63, 3.8) is 0 Å². The van der Waals surface area contributed by atoms with Gasteiger partial charge in [0.2, 0.25) is 11.8 Å². The first-order valence-corrected chi connectivity index (χ1v) is 12.6. The molecule has 0 aliphatic carbocycles. The third-order valence-electron chi connectivity index (χ3n) is 6.10. The fourth-order valence-electron chi connectivity index (χ4n) is 3.97. The van der Waals surface area contributed by atoms with Crippen molar-refractivity contribution in [1.29, 1.82) is 0 Å². The van der Waals surface area contributed by atoms with E-state index >= 15 is 0 Å². The van der Waals surface area contributed by atoms with Gasteiger partial charge in [0.05, 0.1) is 12.6 Å². The van der Waals surface area contributed by atoms with Crippen LogP contribution in [0, 0.1) is 5.92 Å². The SMILES string of the molecule is CC(C)[C@@H]1NC(=O)[C@@H](NC(=O)OCc2ccccc2)Cc2ccc(cc2)OCCCC[C@@H](C=O)NC1=O. The lowest BCUT2D eigenvalue weighted by Gasteiger charge is -2.26. The monoisotopic (exact) mass is 509 g/mol. The van der Waals surface area contributed by atoms with E-state index in [1.165, 1.54) is 0 Å². The predicted molar refractivity (Wildman–Crippen MR) is 138 cm³/mol. The van der Waals surface area contributed by atoms with Gasteiger partial charge in [0.1, 0.15) is 30.7 Å². The smallest absolute Gasteiger partial charge is 0.408 e.